The van der Waals surface area contributed by atoms with E-state index >= 15 is 0 Å². The quantitative estimate of drug-likeness (QED) is 0.860. The molecular formula is C19H20N2O3. The van der Waals surface area contributed by atoms with Crippen LogP contribution in [0.1, 0.15) is 18.1 Å². The van der Waals surface area contributed by atoms with Crippen LogP contribution in [0.5, 0.6) is 11.5 Å². The number of hydrogen-bond acceptors (Lipinski definition) is 4. The summed E-state index contributed by atoms with van der Waals surface area (Å²) in [7, 11) is 1.75. The number of rotatable bonds is 5. The van der Waals surface area contributed by atoms with Crippen LogP contribution in [0.2, 0.25) is 0 Å². The van der Waals surface area contributed by atoms with Gasteiger partial charge < -0.3 is 19.8 Å². The number of ether oxygens (including phenoxy) is 2. The number of nitrogens with zero attached hydrogens (tertiary/aromatic N) is 1. The van der Waals surface area contributed by atoms with Gasteiger partial charge in [-0.05, 0) is 30.2 Å². The number of nitrogens with one attached hydrogen (secondary N) is 1. The fraction of sp³-hybridized carbons (Fsp3) is 0.263. The van der Waals surface area contributed by atoms with Crippen molar-refractivity contribution in [3.63, 3.8) is 0 Å². The van der Waals surface area contributed by atoms with Crippen molar-refractivity contribution in [3.8, 4) is 11.5 Å². The summed E-state index contributed by atoms with van der Waals surface area (Å²) in [6.45, 7) is 2.43. The number of benzene rings is 2. The smallest absolute Gasteiger partial charge is 0.238 e. The third-order valence-corrected chi connectivity index (χ3v) is 4.31. The first kappa shape index (κ1) is 16.1. The van der Waals surface area contributed by atoms with Gasteiger partial charge in [0.15, 0.2) is 11.5 Å². The third-order valence-electron chi connectivity index (χ3n) is 4.31. The van der Waals surface area contributed by atoms with Crippen LogP contribution >= 0.6 is 0 Å². The van der Waals surface area contributed by atoms with E-state index in [2.05, 4.69) is 0 Å². The Labute approximate surface area is 141 Å². The van der Waals surface area contributed by atoms with Crippen LogP contribution in [0.4, 0.5) is 0 Å². The molecule has 0 fully saturated rings. The van der Waals surface area contributed by atoms with E-state index in [9.17, 15) is 4.79 Å². The Balaban J connectivity index is 1.86. The molecule has 0 saturated carbocycles. The van der Waals surface area contributed by atoms with E-state index in [0.29, 0.717) is 23.6 Å². The van der Waals surface area contributed by atoms with Crippen LogP contribution in [0, 0.1) is 5.41 Å². The molecule has 1 aliphatic rings. The molecule has 2 aromatic rings. The van der Waals surface area contributed by atoms with Gasteiger partial charge >= 0.3 is 0 Å². The second-order valence-electron chi connectivity index (χ2n) is 6.06. The molecule has 0 bridgehead atoms. The van der Waals surface area contributed by atoms with Crippen LogP contribution in [0.15, 0.2) is 48.5 Å². The zero-order chi connectivity index (χ0) is 17.2. The lowest BCUT2D eigenvalue weighted by atomic mass is 9.82. The second-order valence-corrected chi connectivity index (χ2v) is 6.06. The average molecular weight is 324 g/mol. The molecule has 0 aliphatic carbocycles. The fourth-order valence-corrected chi connectivity index (χ4v) is 2.81. The standard InChI is InChI=1S/C19H20N2O3/c1-19(12-20,15-8-9-16-17(10-15)24-13-23-16)18(22)21(2)11-14-6-4-3-5-7-14/h3-10,12,20H,11,13H2,1-2H3/t19-/m0/s1. The van der Waals surface area contributed by atoms with Crippen molar-refractivity contribution >= 4 is 12.1 Å². The lowest BCUT2D eigenvalue weighted by Gasteiger charge is -2.30. The molecular weight excluding hydrogens is 304 g/mol. The topological polar surface area (TPSA) is 62.6 Å². The van der Waals surface area contributed by atoms with E-state index in [0.717, 1.165) is 5.56 Å². The minimum Gasteiger partial charge on any atom is -0.454 e. The van der Waals surface area contributed by atoms with Gasteiger partial charge in [0.2, 0.25) is 12.7 Å². The van der Waals surface area contributed by atoms with E-state index in [-0.39, 0.29) is 12.7 Å². The van der Waals surface area contributed by atoms with Crippen molar-refractivity contribution in [2.24, 2.45) is 0 Å². The Kier molecular flexibility index (Phi) is 4.25. The largest absolute Gasteiger partial charge is 0.454 e. The fourth-order valence-electron chi connectivity index (χ4n) is 2.81. The highest BCUT2D eigenvalue weighted by Crippen LogP contribution is 2.36. The lowest BCUT2D eigenvalue weighted by molar-refractivity contribution is -0.133. The van der Waals surface area contributed by atoms with Crippen molar-refractivity contribution in [1.29, 1.82) is 5.41 Å². The molecule has 1 aliphatic heterocycles. The molecule has 1 atom stereocenters. The molecule has 1 amide bonds. The summed E-state index contributed by atoms with van der Waals surface area (Å²) >= 11 is 0. The van der Waals surface area contributed by atoms with E-state index in [4.69, 9.17) is 14.9 Å². The van der Waals surface area contributed by atoms with Gasteiger partial charge in [-0.3, -0.25) is 4.79 Å². The van der Waals surface area contributed by atoms with Gasteiger partial charge in [-0.15, -0.1) is 0 Å². The molecule has 1 N–H and O–H groups in total. The molecule has 124 valence electrons. The number of likely N-dealkylation sites (N-methyl/N-ethyl adjacent to an activating group) is 1. The summed E-state index contributed by atoms with van der Waals surface area (Å²) in [6.07, 6.45) is 1.19. The molecule has 5 heteroatoms. The van der Waals surface area contributed by atoms with E-state index in [1.807, 2.05) is 36.4 Å². The van der Waals surface area contributed by atoms with Crippen LogP contribution in [-0.2, 0) is 16.8 Å². The van der Waals surface area contributed by atoms with Crippen molar-refractivity contribution in [2.45, 2.75) is 18.9 Å². The Morgan fingerprint density at radius 1 is 1.21 bits per heavy atom. The lowest BCUT2D eigenvalue weighted by Crippen LogP contribution is -2.44. The van der Waals surface area contributed by atoms with E-state index in [1.54, 1.807) is 31.0 Å². The highest BCUT2D eigenvalue weighted by Gasteiger charge is 2.36. The predicted octanol–water partition coefficient (Wildman–Crippen LogP) is 2.98. The Bertz CT molecular complexity index is 760. The predicted molar refractivity (Wildman–Crippen MR) is 91.6 cm³/mol. The summed E-state index contributed by atoms with van der Waals surface area (Å²) in [5.74, 6) is 1.13. The zero-order valence-corrected chi connectivity index (χ0v) is 13.8. The molecule has 2 aromatic carbocycles. The van der Waals surface area contributed by atoms with Crippen molar-refractivity contribution in [1.82, 2.24) is 4.90 Å². The first-order chi connectivity index (χ1) is 11.5. The van der Waals surface area contributed by atoms with Crippen molar-refractivity contribution < 1.29 is 14.3 Å². The van der Waals surface area contributed by atoms with Gasteiger partial charge in [0.05, 0.1) is 0 Å². The van der Waals surface area contributed by atoms with Gasteiger partial charge in [0.1, 0.15) is 5.41 Å². The Hall–Kier alpha value is -2.82. The number of fused-ring (bicyclic) bond motifs is 1. The Morgan fingerprint density at radius 3 is 2.62 bits per heavy atom. The highest BCUT2D eigenvalue weighted by molar-refractivity contribution is 6.03. The summed E-state index contributed by atoms with van der Waals surface area (Å²) in [6, 6.07) is 15.2. The van der Waals surface area contributed by atoms with E-state index in [1.165, 1.54) is 6.21 Å². The van der Waals surface area contributed by atoms with Gasteiger partial charge in [-0.25, -0.2) is 0 Å². The van der Waals surface area contributed by atoms with Crippen molar-refractivity contribution in [2.75, 3.05) is 13.8 Å². The molecule has 0 spiro atoms. The number of amides is 1. The van der Waals surface area contributed by atoms with Gasteiger partial charge in [-0.1, -0.05) is 36.4 Å². The summed E-state index contributed by atoms with van der Waals surface area (Å²) in [5, 5.41) is 7.85. The molecule has 0 saturated heterocycles. The molecule has 5 nitrogen and oxygen atoms in total. The molecule has 0 aromatic heterocycles. The SMILES string of the molecule is CN(Cc1ccccc1)C(=O)[C@@](C)(C=N)c1ccc2c(c1)OCO2. The molecule has 0 radical (unpaired) electrons. The maximum absolute atomic E-state index is 13.0. The number of hydrogen-bond donors (Lipinski definition) is 1. The van der Waals surface area contributed by atoms with Crippen LogP contribution < -0.4 is 9.47 Å². The summed E-state index contributed by atoms with van der Waals surface area (Å²) in [5.41, 5.74) is 0.711. The second kappa shape index (κ2) is 6.35. The first-order valence-electron chi connectivity index (χ1n) is 7.76. The summed E-state index contributed by atoms with van der Waals surface area (Å²) in [4.78, 5) is 14.6. The highest BCUT2D eigenvalue weighted by atomic mass is 16.7. The summed E-state index contributed by atoms with van der Waals surface area (Å²) < 4.78 is 10.7. The van der Waals surface area contributed by atoms with Crippen LogP contribution in [0.25, 0.3) is 0 Å². The average Bonchev–Trinajstić information content (AvgIpc) is 3.09. The minimum atomic E-state index is -1.05. The van der Waals surface area contributed by atoms with Gasteiger partial charge in [0.25, 0.3) is 0 Å². The normalized spacial score (nSPS) is 14.8. The first-order valence-corrected chi connectivity index (χ1v) is 7.76. The van der Waals surface area contributed by atoms with Crippen LogP contribution in [-0.4, -0.2) is 30.9 Å². The van der Waals surface area contributed by atoms with E-state index < -0.39 is 5.41 Å². The maximum atomic E-state index is 13.0. The van der Waals surface area contributed by atoms with Gasteiger partial charge in [0, 0.05) is 19.8 Å². The maximum Gasteiger partial charge on any atom is 0.238 e. The molecule has 0 unspecified atom stereocenters. The molecule has 1 heterocycles. The molecule has 24 heavy (non-hydrogen) atoms. The number of carbonyl (C=O) groups is 1. The number of carbonyl (C=O) groups excluding carboxylic acids is 1. The molecule has 3 rings (SSSR count). The Morgan fingerprint density at radius 2 is 1.92 bits per heavy atom. The van der Waals surface area contributed by atoms with Crippen molar-refractivity contribution in [3.05, 3.63) is 59.7 Å². The zero-order valence-electron chi connectivity index (χ0n) is 13.8. The monoisotopic (exact) mass is 324 g/mol. The van der Waals surface area contributed by atoms with Crippen LogP contribution in [0.3, 0.4) is 0 Å². The third kappa shape index (κ3) is 2.85. The van der Waals surface area contributed by atoms with Gasteiger partial charge in [-0.2, -0.15) is 0 Å². The minimum absolute atomic E-state index is 0.139.